The summed E-state index contributed by atoms with van der Waals surface area (Å²) in [5.74, 6) is 0.870. The van der Waals surface area contributed by atoms with Crippen LogP contribution >= 0.6 is 0 Å². The number of nitrogens with zero attached hydrogens (tertiary/aromatic N) is 2. The highest BCUT2D eigenvalue weighted by molar-refractivity contribution is 5.81. The van der Waals surface area contributed by atoms with E-state index in [0.717, 1.165) is 26.1 Å². The van der Waals surface area contributed by atoms with Gasteiger partial charge in [0.25, 0.3) is 0 Å². The van der Waals surface area contributed by atoms with E-state index in [-0.39, 0.29) is 5.84 Å². The minimum absolute atomic E-state index is 0.276. The van der Waals surface area contributed by atoms with Crippen molar-refractivity contribution in [3.05, 3.63) is 0 Å². The lowest BCUT2D eigenvalue weighted by molar-refractivity contribution is 0.154. The SMILES string of the molecule is COCC1CCN(C/C(N)=N/O)C1. The summed E-state index contributed by atoms with van der Waals surface area (Å²) in [6.07, 6.45) is 1.13. The van der Waals surface area contributed by atoms with Crippen molar-refractivity contribution in [1.29, 1.82) is 0 Å². The Morgan fingerprint density at radius 1 is 1.77 bits per heavy atom. The van der Waals surface area contributed by atoms with Gasteiger partial charge in [-0.25, -0.2) is 0 Å². The van der Waals surface area contributed by atoms with Crippen LogP contribution in [0.4, 0.5) is 0 Å². The van der Waals surface area contributed by atoms with Gasteiger partial charge in [-0.3, -0.25) is 4.90 Å². The zero-order valence-electron chi connectivity index (χ0n) is 7.94. The normalized spacial score (nSPS) is 25.3. The monoisotopic (exact) mass is 187 g/mol. The molecule has 0 amide bonds. The van der Waals surface area contributed by atoms with Crippen molar-refractivity contribution < 1.29 is 9.94 Å². The molecule has 5 heteroatoms. The van der Waals surface area contributed by atoms with Gasteiger partial charge >= 0.3 is 0 Å². The van der Waals surface area contributed by atoms with Crippen LogP contribution in [0.25, 0.3) is 0 Å². The Kier molecular flexibility index (Phi) is 3.98. The van der Waals surface area contributed by atoms with E-state index in [1.54, 1.807) is 7.11 Å². The zero-order valence-corrected chi connectivity index (χ0v) is 7.94. The van der Waals surface area contributed by atoms with Crippen LogP contribution in [0.15, 0.2) is 5.16 Å². The highest BCUT2D eigenvalue weighted by Crippen LogP contribution is 2.15. The first-order valence-electron chi connectivity index (χ1n) is 4.44. The summed E-state index contributed by atoms with van der Waals surface area (Å²) in [7, 11) is 1.71. The molecular weight excluding hydrogens is 170 g/mol. The molecule has 76 valence electrons. The first-order chi connectivity index (χ1) is 6.26. The molecule has 5 nitrogen and oxygen atoms in total. The van der Waals surface area contributed by atoms with Crippen LogP contribution in [0.1, 0.15) is 6.42 Å². The van der Waals surface area contributed by atoms with Crippen molar-refractivity contribution in [2.24, 2.45) is 16.8 Å². The summed E-state index contributed by atoms with van der Waals surface area (Å²) < 4.78 is 5.07. The van der Waals surface area contributed by atoms with Crippen LogP contribution in [0.2, 0.25) is 0 Å². The highest BCUT2D eigenvalue weighted by atomic mass is 16.5. The molecule has 0 aromatic heterocycles. The average molecular weight is 187 g/mol. The second kappa shape index (κ2) is 5.04. The van der Waals surface area contributed by atoms with Gasteiger partial charge in [0.15, 0.2) is 5.84 Å². The number of hydrogen-bond donors (Lipinski definition) is 2. The van der Waals surface area contributed by atoms with Crippen LogP contribution in [0.5, 0.6) is 0 Å². The number of amidine groups is 1. The molecule has 0 bridgehead atoms. The number of methoxy groups -OCH3 is 1. The Labute approximate surface area is 78.1 Å². The Balaban J connectivity index is 2.25. The van der Waals surface area contributed by atoms with Crippen LogP contribution in [-0.2, 0) is 4.74 Å². The van der Waals surface area contributed by atoms with Gasteiger partial charge in [-0.2, -0.15) is 0 Å². The Morgan fingerprint density at radius 2 is 2.54 bits per heavy atom. The molecule has 0 aromatic rings. The van der Waals surface area contributed by atoms with Crippen LogP contribution < -0.4 is 5.73 Å². The fourth-order valence-electron chi connectivity index (χ4n) is 1.69. The number of ether oxygens (including phenoxy) is 1. The smallest absolute Gasteiger partial charge is 0.153 e. The number of hydrogen-bond acceptors (Lipinski definition) is 4. The molecule has 1 rings (SSSR count). The molecule has 1 atom stereocenters. The third-order valence-corrected chi connectivity index (χ3v) is 2.29. The molecule has 13 heavy (non-hydrogen) atoms. The van der Waals surface area contributed by atoms with Gasteiger partial charge in [-0.15, -0.1) is 0 Å². The lowest BCUT2D eigenvalue weighted by Gasteiger charge is -2.14. The number of likely N-dealkylation sites (tertiary alicyclic amines) is 1. The maximum Gasteiger partial charge on any atom is 0.153 e. The van der Waals surface area contributed by atoms with Crippen molar-refractivity contribution in [3.63, 3.8) is 0 Å². The van der Waals surface area contributed by atoms with Crippen molar-refractivity contribution in [1.82, 2.24) is 4.90 Å². The van der Waals surface area contributed by atoms with E-state index >= 15 is 0 Å². The molecule has 1 aliphatic heterocycles. The minimum Gasteiger partial charge on any atom is -0.409 e. The molecule has 1 fully saturated rings. The fourth-order valence-corrected chi connectivity index (χ4v) is 1.69. The van der Waals surface area contributed by atoms with Crippen molar-refractivity contribution in [2.45, 2.75) is 6.42 Å². The average Bonchev–Trinajstić information content (AvgIpc) is 2.53. The number of rotatable bonds is 4. The topological polar surface area (TPSA) is 71.1 Å². The third kappa shape index (κ3) is 3.20. The number of oxime groups is 1. The summed E-state index contributed by atoms with van der Waals surface area (Å²) >= 11 is 0. The lowest BCUT2D eigenvalue weighted by Crippen LogP contribution is -2.32. The molecular formula is C8H17N3O2. The third-order valence-electron chi connectivity index (χ3n) is 2.29. The van der Waals surface area contributed by atoms with E-state index < -0.39 is 0 Å². The molecule has 0 radical (unpaired) electrons. The van der Waals surface area contributed by atoms with Crippen LogP contribution in [-0.4, -0.2) is 49.3 Å². The summed E-state index contributed by atoms with van der Waals surface area (Å²) in [6, 6.07) is 0. The standard InChI is InChI=1S/C8H17N3O2/c1-13-6-7-2-3-11(4-7)5-8(9)10-12/h7,12H,2-6H2,1H3,(H2,9,10). The molecule has 0 aromatic carbocycles. The fraction of sp³-hybridized carbons (Fsp3) is 0.875. The van der Waals surface area contributed by atoms with E-state index in [1.807, 2.05) is 0 Å². The van der Waals surface area contributed by atoms with Crippen LogP contribution in [0.3, 0.4) is 0 Å². The summed E-state index contributed by atoms with van der Waals surface area (Å²) in [5, 5.41) is 11.3. The maximum absolute atomic E-state index is 8.38. The summed E-state index contributed by atoms with van der Waals surface area (Å²) in [6.45, 7) is 3.33. The first kappa shape index (κ1) is 10.3. The van der Waals surface area contributed by atoms with Crippen LogP contribution in [0, 0.1) is 5.92 Å². The first-order valence-corrected chi connectivity index (χ1v) is 4.44. The highest BCUT2D eigenvalue weighted by Gasteiger charge is 2.22. The second-order valence-corrected chi connectivity index (χ2v) is 3.44. The van der Waals surface area contributed by atoms with Crippen molar-refractivity contribution >= 4 is 5.84 Å². The van der Waals surface area contributed by atoms with E-state index in [9.17, 15) is 0 Å². The minimum atomic E-state index is 0.276. The van der Waals surface area contributed by atoms with Gasteiger partial charge in [0.1, 0.15) is 0 Å². The second-order valence-electron chi connectivity index (χ2n) is 3.44. The van der Waals surface area contributed by atoms with Gasteiger partial charge in [0.05, 0.1) is 13.2 Å². The Bertz CT molecular complexity index is 184. The van der Waals surface area contributed by atoms with Gasteiger partial charge < -0.3 is 15.7 Å². The molecule has 0 saturated carbocycles. The molecule has 1 aliphatic rings. The Morgan fingerprint density at radius 3 is 3.15 bits per heavy atom. The Hall–Kier alpha value is -0.810. The van der Waals surface area contributed by atoms with Gasteiger partial charge in [-0.1, -0.05) is 5.16 Å². The summed E-state index contributed by atoms with van der Waals surface area (Å²) in [4.78, 5) is 2.17. The van der Waals surface area contributed by atoms with E-state index in [1.165, 1.54) is 0 Å². The van der Waals surface area contributed by atoms with E-state index in [2.05, 4.69) is 10.1 Å². The predicted octanol–water partition coefficient (Wildman–Crippen LogP) is -0.299. The molecule has 0 spiro atoms. The predicted molar refractivity (Wildman–Crippen MR) is 49.8 cm³/mol. The lowest BCUT2D eigenvalue weighted by atomic mass is 10.1. The largest absolute Gasteiger partial charge is 0.409 e. The van der Waals surface area contributed by atoms with Gasteiger partial charge in [-0.05, 0) is 18.9 Å². The van der Waals surface area contributed by atoms with Crippen molar-refractivity contribution in [2.75, 3.05) is 33.4 Å². The van der Waals surface area contributed by atoms with E-state index in [4.69, 9.17) is 15.7 Å². The quantitative estimate of drug-likeness (QED) is 0.274. The summed E-state index contributed by atoms with van der Waals surface area (Å²) in [5.41, 5.74) is 5.40. The molecule has 1 saturated heterocycles. The van der Waals surface area contributed by atoms with Gasteiger partial charge in [0.2, 0.25) is 0 Å². The van der Waals surface area contributed by atoms with Crippen molar-refractivity contribution in [3.8, 4) is 0 Å². The molecule has 3 N–H and O–H groups in total. The molecule has 1 unspecified atom stereocenters. The van der Waals surface area contributed by atoms with E-state index in [0.29, 0.717) is 12.5 Å². The van der Waals surface area contributed by atoms with Gasteiger partial charge in [0, 0.05) is 13.7 Å². The maximum atomic E-state index is 8.38. The zero-order chi connectivity index (χ0) is 9.68. The molecule has 0 aliphatic carbocycles. The molecule has 1 heterocycles. The number of nitrogens with two attached hydrogens (primary N) is 1.